The number of halogens is 3. The number of ether oxygens (including phenoxy) is 2. The van der Waals surface area contributed by atoms with E-state index < -0.39 is 11.6 Å². The summed E-state index contributed by atoms with van der Waals surface area (Å²) in [4.78, 5) is 6.48. The Bertz CT molecular complexity index is 592. The topological polar surface area (TPSA) is 46.1 Å². The highest BCUT2D eigenvalue weighted by Gasteiger charge is 2.32. The molecule has 1 aromatic carbocycles. The van der Waals surface area contributed by atoms with Crippen molar-refractivity contribution in [3.8, 4) is 0 Å². The summed E-state index contributed by atoms with van der Waals surface area (Å²) in [6, 6.07) is 3.60. The van der Waals surface area contributed by atoms with Crippen molar-refractivity contribution in [3.63, 3.8) is 0 Å². The van der Waals surface area contributed by atoms with Crippen molar-refractivity contribution >= 4 is 29.9 Å². The summed E-state index contributed by atoms with van der Waals surface area (Å²) in [5, 5.41) is 3.27. The molecule has 2 fully saturated rings. The minimum atomic E-state index is -0.549. The molecule has 2 atom stereocenters. The van der Waals surface area contributed by atoms with E-state index in [-0.39, 0.29) is 36.2 Å². The standard InChI is InChI=1S/C18H25F2N3O2.HI/c1-21-18(22-5-4-13-9-14(19)11-15(20)10-13)23-6-8-25-17(12-23)16-3-2-7-24-16;/h9-11,16-17H,2-8,12H2,1H3,(H,21,22);1H. The summed E-state index contributed by atoms with van der Waals surface area (Å²) >= 11 is 0. The van der Waals surface area contributed by atoms with E-state index in [2.05, 4.69) is 15.2 Å². The number of morpholine rings is 1. The lowest BCUT2D eigenvalue weighted by Crippen LogP contribution is -2.53. The molecule has 146 valence electrons. The number of guanidine groups is 1. The van der Waals surface area contributed by atoms with Gasteiger partial charge in [0.15, 0.2) is 5.96 Å². The van der Waals surface area contributed by atoms with E-state index in [0.717, 1.165) is 44.6 Å². The fourth-order valence-electron chi connectivity index (χ4n) is 3.39. The van der Waals surface area contributed by atoms with Crippen LogP contribution < -0.4 is 5.32 Å². The lowest BCUT2D eigenvalue weighted by atomic mass is 10.1. The maximum atomic E-state index is 13.2. The molecule has 1 aromatic rings. The van der Waals surface area contributed by atoms with E-state index in [1.807, 2.05) is 0 Å². The van der Waals surface area contributed by atoms with Gasteiger partial charge in [-0.15, -0.1) is 24.0 Å². The average molecular weight is 481 g/mol. The molecule has 0 spiro atoms. The van der Waals surface area contributed by atoms with Crippen LogP contribution in [0.3, 0.4) is 0 Å². The highest BCUT2D eigenvalue weighted by molar-refractivity contribution is 14.0. The number of hydrogen-bond acceptors (Lipinski definition) is 3. The van der Waals surface area contributed by atoms with Gasteiger partial charge in [-0.05, 0) is 37.0 Å². The number of hydrogen-bond donors (Lipinski definition) is 1. The molecule has 0 radical (unpaired) electrons. The van der Waals surface area contributed by atoms with Crippen molar-refractivity contribution in [2.24, 2.45) is 4.99 Å². The third kappa shape index (κ3) is 5.75. The molecule has 3 rings (SSSR count). The first-order chi connectivity index (χ1) is 12.2. The van der Waals surface area contributed by atoms with Gasteiger partial charge in [0.2, 0.25) is 0 Å². The predicted octanol–water partition coefficient (Wildman–Crippen LogP) is 2.58. The Balaban J connectivity index is 0.00000243. The average Bonchev–Trinajstić information content (AvgIpc) is 3.13. The molecule has 0 amide bonds. The summed E-state index contributed by atoms with van der Waals surface area (Å²) < 4.78 is 38.1. The Morgan fingerprint density at radius 3 is 2.58 bits per heavy atom. The van der Waals surface area contributed by atoms with E-state index >= 15 is 0 Å². The van der Waals surface area contributed by atoms with Gasteiger partial charge in [-0.1, -0.05) is 0 Å². The van der Waals surface area contributed by atoms with Crippen LogP contribution in [0.25, 0.3) is 0 Å². The molecular formula is C18H26F2IN3O2. The summed E-state index contributed by atoms with van der Waals surface area (Å²) in [5.74, 6) is -0.317. The molecule has 0 saturated carbocycles. The van der Waals surface area contributed by atoms with Crippen LogP contribution in [0.4, 0.5) is 8.78 Å². The highest BCUT2D eigenvalue weighted by Crippen LogP contribution is 2.21. The fraction of sp³-hybridized carbons (Fsp3) is 0.611. The summed E-state index contributed by atoms with van der Waals surface area (Å²) in [6.45, 7) is 3.50. The van der Waals surface area contributed by atoms with Gasteiger partial charge in [0.25, 0.3) is 0 Å². The molecule has 0 aromatic heterocycles. The van der Waals surface area contributed by atoms with Gasteiger partial charge in [-0.3, -0.25) is 4.99 Å². The van der Waals surface area contributed by atoms with Gasteiger partial charge in [0.05, 0.1) is 12.7 Å². The number of aliphatic imine (C=N–C) groups is 1. The van der Waals surface area contributed by atoms with Gasteiger partial charge >= 0.3 is 0 Å². The molecular weight excluding hydrogens is 455 g/mol. The Hall–Kier alpha value is -1.00. The van der Waals surface area contributed by atoms with Crippen molar-refractivity contribution in [1.82, 2.24) is 10.2 Å². The maximum absolute atomic E-state index is 13.2. The number of benzene rings is 1. The quantitative estimate of drug-likeness (QED) is 0.408. The second-order valence-corrected chi connectivity index (χ2v) is 6.41. The first-order valence-electron chi connectivity index (χ1n) is 8.79. The van der Waals surface area contributed by atoms with Gasteiger partial charge in [-0.2, -0.15) is 0 Å². The molecule has 2 aliphatic heterocycles. The van der Waals surface area contributed by atoms with Crippen molar-refractivity contribution in [1.29, 1.82) is 0 Å². The first kappa shape index (κ1) is 21.3. The predicted molar refractivity (Wildman–Crippen MR) is 107 cm³/mol. The van der Waals surface area contributed by atoms with Crippen LogP contribution in [-0.2, 0) is 15.9 Å². The maximum Gasteiger partial charge on any atom is 0.193 e. The Morgan fingerprint density at radius 1 is 1.19 bits per heavy atom. The van der Waals surface area contributed by atoms with Gasteiger partial charge in [0, 0.05) is 39.4 Å². The first-order valence-corrected chi connectivity index (χ1v) is 8.79. The van der Waals surface area contributed by atoms with Crippen LogP contribution in [0.1, 0.15) is 18.4 Å². The monoisotopic (exact) mass is 481 g/mol. The van der Waals surface area contributed by atoms with E-state index in [1.165, 1.54) is 12.1 Å². The lowest BCUT2D eigenvalue weighted by molar-refractivity contribution is -0.0816. The van der Waals surface area contributed by atoms with E-state index in [4.69, 9.17) is 9.47 Å². The lowest BCUT2D eigenvalue weighted by Gasteiger charge is -2.37. The van der Waals surface area contributed by atoms with Crippen molar-refractivity contribution < 1.29 is 18.3 Å². The number of rotatable bonds is 4. The van der Waals surface area contributed by atoms with Crippen LogP contribution in [0.15, 0.2) is 23.2 Å². The molecule has 0 aliphatic carbocycles. The van der Waals surface area contributed by atoms with E-state index in [0.29, 0.717) is 25.1 Å². The molecule has 8 heteroatoms. The third-order valence-electron chi connectivity index (χ3n) is 4.60. The summed E-state index contributed by atoms with van der Waals surface area (Å²) in [7, 11) is 1.74. The zero-order valence-electron chi connectivity index (χ0n) is 14.9. The molecule has 1 N–H and O–H groups in total. The Kier molecular flexibility index (Phi) is 8.49. The molecule has 26 heavy (non-hydrogen) atoms. The second kappa shape index (κ2) is 10.4. The van der Waals surface area contributed by atoms with E-state index in [9.17, 15) is 8.78 Å². The van der Waals surface area contributed by atoms with Crippen LogP contribution in [0.5, 0.6) is 0 Å². The molecule has 2 saturated heterocycles. The molecule has 0 bridgehead atoms. The van der Waals surface area contributed by atoms with E-state index in [1.54, 1.807) is 7.05 Å². The van der Waals surface area contributed by atoms with Crippen LogP contribution in [0, 0.1) is 11.6 Å². The Morgan fingerprint density at radius 2 is 1.92 bits per heavy atom. The minimum absolute atomic E-state index is 0. The zero-order chi connectivity index (χ0) is 17.6. The third-order valence-corrected chi connectivity index (χ3v) is 4.60. The van der Waals surface area contributed by atoms with Gasteiger partial charge in [0.1, 0.15) is 17.7 Å². The van der Waals surface area contributed by atoms with Crippen LogP contribution >= 0.6 is 24.0 Å². The number of nitrogens with zero attached hydrogens (tertiary/aromatic N) is 2. The molecule has 5 nitrogen and oxygen atoms in total. The van der Waals surface area contributed by atoms with Gasteiger partial charge in [-0.25, -0.2) is 8.78 Å². The summed E-state index contributed by atoms with van der Waals surface area (Å²) in [5.41, 5.74) is 0.625. The van der Waals surface area contributed by atoms with Crippen molar-refractivity contribution in [2.45, 2.75) is 31.5 Å². The zero-order valence-corrected chi connectivity index (χ0v) is 17.2. The largest absolute Gasteiger partial charge is 0.375 e. The molecule has 2 heterocycles. The van der Waals surface area contributed by atoms with Crippen LogP contribution in [0.2, 0.25) is 0 Å². The summed E-state index contributed by atoms with van der Waals surface area (Å²) in [6.07, 6.45) is 2.87. The van der Waals surface area contributed by atoms with Crippen molar-refractivity contribution in [2.75, 3.05) is 39.9 Å². The highest BCUT2D eigenvalue weighted by atomic mass is 127. The van der Waals surface area contributed by atoms with Crippen molar-refractivity contribution in [3.05, 3.63) is 35.4 Å². The minimum Gasteiger partial charge on any atom is -0.375 e. The smallest absolute Gasteiger partial charge is 0.193 e. The second-order valence-electron chi connectivity index (χ2n) is 6.41. The molecule has 2 aliphatic rings. The normalized spacial score (nSPS) is 23.7. The fourth-order valence-corrected chi connectivity index (χ4v) is 3.39. The SMILES string of the molecule is CN=C(NCCc1cc(F)cc(F)c1)N1CCOC(C2CCCO2)C1.I. The van der Waals surface area contributed by atoms with Crippen LogP contribution in [-0.4, -0.2) is 63.0 Å². The Labute approximate surface area is 170 Å². The number of nitrogens with one attached hydrogen (secondary N) is 1. The van der Waals surface area contributed by atoms with Gasteiger partial charge < -0.3 is 19.7 Å². The molecule has 2 unspecified atom stereocenters.